The zero-order chi connectivity index (χ0) is 12.6. The molecule has 17 heavy (non-hydrogen) atoms. The standard InChI is InChI=1S/C12H10O4S/c1-17(15,16)11-9-5-3-2-4-8(9)6-7-10(11)12(13)14/h2-7H,1H3,(H,13,14). The maximum absolute atomic E-state index is 11.7. The van der Waals surface area contributed by atoms with Crippen LogP contribution in [0.4, 0.5) is 0 Å². The van der Waals surface area contributed by atoms with Gasteiger partial charge in [-0.25, -0.2) is 13.2 Å². The average molecular weight is 250 g/mol. The highest BCUT2D eigenvalue weighted by atomic mass is 32.2. The van der Waals surface area contributed by atoms with Crippen molar-refractivity contribution in [2.24, 2.45) is 0 Å². The van der Waals surface area contributed by atoms with E-state index in [4.69, 9.17) is 5.11 Å². The minimum absolute atomic E-state index is 0.122. The summed E-state index contributed by atoms with van der Waals surface area (Å²) in [4.78, 5) is 10.9. The molecular weight excluding hydrogens is 240 g/mol. The lowest BCUT2D eigenvalue weighted by Crippen LogP contribution is -2.08. The molecule has 2 rings (SSSR count). The lowest BCUT2D eigenvalue weighted by atomic mass is 10.1. The number of carbonyl (C=O) groups is 1. The highest BCUT2D eigenvalue weighted by Crippen LogP contribution is 2.26. The predicted molar refractivity (Wildman–Crippen MR) is 64.0 cm³/mol. The first-order valence-corrected chi connectivity index (χ1v) is 6.75. The minimum atomic E-state index is -3.59. The third kappa shape index (κ3) is 2.01. The Morgan fingerprint density at radius 3 is 2.35 bits per heavy atom. The van der Waals surface area contributed by atoms with Crippen LogP contribution in [0.5, 0.6) is 0 Å². The molecule has 0 heterocycles. The maximum atomic E-state index is 11.7. The largest absolute Gasteiger partial charge is 0.478 e. The molecule has 5 heteroatoms. The second-order valence-corrected chi connectivity index (χ2v) is 5.69. The van der Waals surface area contributed by atoms with Crippen LogP contribution in [-0.4, -0.2) is 25.7 Å². The zero-order valence-electron chi connectivity index (χ0n) is 9.04. The van der Waals surface area contributed by atoms with Gasteiger partial charge in [0.1, 0.15) is 0 Å². The van der Waals surface area contributed by atoms with Gasteiger partial charge < -0.3 is 5.11 Å². The van der Waals surface area contributed by atoms with Crippen LogP contribution < -0.4 is 0 Å². The number of carboxylic acids is 1. The van der Waals surface area contributed by atoms with Gasteiger partial charge in [0.05, 0.1) is 10.5 Å². The van der Waals surface area contributed by atoms with Crippen molar-refractivity contribution in [2.75, 3.05) is 6.26 Å². The number of benzene rings is 2. The summed E-state index contributed by atoms with van der Waals surface area (Å²) in [5.41, 5.74) is -0.189. The molecule has 2 aromatic rings. The summed E-state index contributed by atoms with van der Waals surface area (Å²) in [5, 5.41) is 10.2. The van der Waals surface area contributed by atoms with E-state index in [2.05, 4.69) is 0 Å². The molecule has 0 radical (unpaired) electrons. The Morgan fingerprint density at radius 1 is 1.12 bits per heavy atom. The molecule has 4 nitrogen and oxygen atoms in total. The van der Waals surface area contributed by atoms with E-state index in [-0.39, 0.29) is 10.5 Å². The summed E-state index contributed by atoms with van der Waals surface area (Å²) < 4.78 is 23.4. The molecule has 1 N–H and O–H groups in total. The lowest BCUT2D eigenvalue weighted by molar-refractivity contribution is 0.0693. The van der Waals surface area contributed by atoms with Crippen molar-refractivity contribution in [3.63, 3.8) is 0 Å². The van der Waals surface area contributed by atoms with Crippen molar-refractivity contribution in [2.45, 2.75) is 4.90 Å². The van der Waals surface area contributed by atoms with E-state index in [9.17, 15) is 13.2 Å². The van der Waals surface area contributed by atoms with Gasteiger partial charge in [0.15, 0.2) is 9.84 Å². The van der Waals surface area contributed by atoms with E-state index >= 15 is 0 Å². The van der Waals surface area contributed by atoms with Gasteiger partial charge in [-0.05, 0) is 11.5 Å². The average Bonchev–Trinajstić information content (AvgIpc) is 2.26. The maximum Gasteiger partial charge on any atom is 0.337 e. The number of fused-ring (bicyclic) bond motifs is 1. The van der Waals surface area contributed by atoms with Crippen molar-refractivity contribution >= 4 is 26.6 Å². The molecule has 0 aliphatic carbocycles. The topological polar surface area (TPSA) is 71.4 Å². The molecule has 88 valence electrons. The number of rotatable bonds is 2. The van der Waals surface area contributed by atoms with E-state index in [1.54, 1.807) is 30.3 Å². The molecular formula is C12H10O4S. The highest BCUT2D eigenvalue weighted by Gasteiger charge is 2.21. The monoisotopic (exact) mass is 250 g/mol. The van der Waals surface area contributed by atoms with E-state index in [0.29, 0.717) is 10.8 Å². The Labute approximate surface area is 98.4 Å². The summed E-state index contributed by atoms with van der Waals surface area (Å²) in [6, 6.07) is 9.74. The number of hydrogen-bond acceptors (Lipinski definition) is 3. The molecule has 0 aliphatic heterocycles. The van der Waals surface area contributed by atoms with Crippen molar-refractivity contribution in [1.82, 2.24) is 0 Å². The molecule has 0 unspecified atom stereocenters. The van der Waals surface area contributed by atoms with Gasteiger partial charge in [-0.2, -0.15) is 0 Å². The van der Waals surface area contributed by atoms with E-state index < -0.39 is 15.8 Å². The van der Waals surface area contributed by atoms with Crippen molar-refractivity contribution in [3.05, 3.63) is 42.0 Å². The van der Waals surface area contributed by atoms with Crippen LogP contribution in [0.2, 0.25) is 0 Å². The predicted octanol–water partition coefficient (Wildman–Crippen LogP) is 1.94. The molecule has 0 saturated carbocycles. The summed E-state index contributed by atoms with van der Waals surface area (Å²) in [6.45, 7) is 0. The normalized spacial score (nSPS) is 11.6. The molecule has 0 aromatic heterocycles. The number of aromatic carboxylic acids is 1. The van der Waals surface area contributed by atoms with Gasteiger partial charge in [0.2, 0.25) is 0 Å². The van der Waals surface area contributed by atoms with Crippen LogP contribution in [0.3, 0.4) is 0 Å². The quantitative estimate of drug-likeness (QED) is 0.884. The number of hydrogen-bond donors (Lipinski definition) is 1. The Morgan fingerprint density at radius 2 is 1.76 bits per heavy atom. The molecule has 2 aromatic carbocycles. The van der Waals surface area contributed by atoms with Crippen LogP contribution in [0.1, 0.15) is 10.4 Å². The molecule has 0 spiro atoms. The van der Waals surface area contributed by atoms with Crippen molar-refractivity contribution in [1.29, 1.82) is 0 Å². The van der Waals surface area contributed by atoms with Crippen LogP contribution >= 0.6 is 0 Å². The second kappa shape index (κ2) is 3.85. The Kier molecular flexibility index (Phi) is 2.63. The molecule has 0 fully saturated rings. The van der Waals surface area contributed by atoms with E-state index in [0.717, 1.165) is 6.26 Å². The Bertz CT molecular complexity index is 702. The van der Waals surface area contributed by atoms with Crippen molar-refractivity contribution in [3.8, 4) is 0 Å². The van der Waals surface area contributed by atoms with Crippen molar-refractivity contribution < 1.29 is 18.3 Å². The summed E-state index contributed by atoms with van der Waals surface area (Å²) in [6.07, 6.45) is 1.02. The number of carboxylic acid groups (broad SMARTS) is 1. The second-order valence-electron chi connectivity index (χ2n) is 3.74. The van der Waals surface area contributed by atoms with Crippen LogP contribution in [0.25, 0.3) is 10.8 Å². The smallest absolute Gasteiger partial charge is 0.337 e. The Hall–Kier alpha value is -1.88. The molecule has 0 amide bonds. The van der Waals surface area contributed by atoms with Crippen LogP contribution in [0, 0.1) is 0 Å². The molecule has 0 bridgehead atoms. The van der Waals surface area contributed by atoms with Gasteiger partial charge in [0, 0.05) is 11.6 Å². The summed E-state index contributed by atoms with van der Waals surface area (Å²) in [5.74, 6) is -1.24. The third-order valence-electron chi connectivity index (χ3n) is 2.48. The molecule has 0 aliphatic rings. The Balaban J connectivity index is 3.00. The highest BCUT2D eigenvalue weighted by molar-refractivity contribution is 7.91. The van der Waals surface area contributed by atoms with Gasteiger partial charge in [-0.15, -0.1) is 0 Å². The van der Waals surface area contributed by atoms with Gasteiger partial charge >= 0.3 is 5.97 Å². The van der Waals surface area contributed by atoms with E-state index in [1.165, 1.54) is 6.07 Å². The third-order valence-corrected chi connectivity index (χ3v) is 3.66. The lowest BCUT2D eigenvalue weighted by Gasteiger charge is -2.08. The summed E-state index contributed by atoms with van der Waals surface area (Å²) in [7, 11) is -3.59. The van der Waals surface area contributed by atoms with Gasteiger partial charge in [-0.1, -0.05) is 30.3 Å². The van der Waals surface area contributed by atoms with Gasteiger partial charge in [0.25, 0.3) is 0 Å². The van der Waals surface area contributed by atoms with Crippen LogP contribution in [0.15, 0.2) is 41.3 Å². The zero-order valence-corrected chi connectivity index (χ0v) is 9.86. The molecule has 0 atom stereocenters. The summed E-state index contributed by atoms with van der Waals surface area (Å²) >= 11 is 0. The molecule has 0 saturated heterocycles. The van der Waals surface area contributed by atoms with Gasteiger partial charge in [-0.3, -0.25) is 0 Å². The fraction of sp³-hybridized carbons (Fsp3) is 0.0833. The first-order chi connectivity index (χ1) is 7.91. The first-order valence-electron chi connectivity index (χ1n) is 4.86. The minimum Gasteiger partial charge on any atom is -0.478 e. The fourth-order valence-corrected chi connectivity index (χ4v) is 2.95. The first kappa shape index (κ1) is 11.6. The SMILES string of the molecule is CS(=O)(=O)c1c(C(=O)O)ccc2ccccc12. The fourth-order valence-electron chi connectivity index (χ4n) is 1.81. The van der Waals surface area contributed by atoms with Crippen LogP contribution in [-0.2, 0) is 9.84 Å². The van der Waals surface area contributed by atoms with E-state index in [1.807, 2.05) is 0 Å². The number of sulfone groups is 1.